The van der Waals surface area contributed by atoms with E-state index in [-0.39, 0.29) is 37.4 Å². The van der Waals surface area contributed by atoms with Gasteiger partial charge in [0.15, 0.2) is 0 Å². The second-order valence-electron chi connectivity index (χ2n) is 10.3. The van der Waals surface area contributed by atoms with Gasteiger partial charge in [-0.3, -0.25) is 9.59 Å². The van der Waals surface area contributed by atoms with E-state index in [0.29, 0.717) is 38.0 Å². The number of nitrogens with zero attached hydrogens (tertiary/aromatic N) is 1. The zero-order chi connectivity index (χ0) is 28.9. The molecule has 40 heavy (non-hydrogen) atoms. The molecule has 0 amide bonds. The van der Waals surface area contributed by atoms with E-state index in [0.717, 1.165) is 24.2 Å². The number of carbonyl (C=O) groups is 2. The second kappa shape index (κ2) is 15.9. The molecule has 5 unspecified atom stereocenters. The molecule has 2 aliphatic rings. The lowest BCUT2D eigenvalue weighted by molar-refractivity contribution is -0.757. The lowest BCUT2D eigenvalue weighted by Gasteiger charge is -2.17. The Labute approximate surface area is 235 Å². The predicted octanol–water partition coefficient (Wildman–Crippen LogP) is 4.65. The van der Waals surface area contributed by atoms with Gasteiger partial charge in [0.05, 0.1) is 12.7 Å². The zero-order valence-corrected chi connectivity index (χ0v) is 23.2. The maximum Gasteiger partial charge on any atom is 0.308 e. The molecular formula is C30H39NO9. The Kier molecular flexibility index (Phi) is 12.3. The van der Waals surface area contributed by atoms with E-state index in [1.54, 1.807) is 6.92 Å². The highest BCUT2D eigenvalue weighted by Crippen LogP contribution is 2.52. The van der Waals surface area contributed by atoms with Gasteiger partial charge in [0.25, 0.3) is 5.09 Å². The molecule has 1 saturated carbocycles. The Morgan fingerprint density at radius 1 is 1.20 bits per heavy atom. The number of ether oxygens (including phenoxy) is 3. The third kappa shape index (κ3) is 9.26. The molecule has 10 nitrogen and oxygen atoms in total. The van der Waals surface area contributed by atoms with Crippen molar-refractivity contribution in [3.63, 3.8) is 0 Å². The van der Waals surface area contributed by atoms with Crippen molar-refractivity contribution in [2.24, 2.45) is 11.8 Å². The van der Waals surface area contributed by atoms with Crippen molar-refractivity contribution in [1.29, 1.82) is 0 Å². The van der Waals surface area contributed by atoms with E-state index < -0.39 is 29.9 Å². The molecule has 3 rings (SSSR count). The van der Waals surface area contributed by atoms with Gasteiger partial charge in [0, 0.05) is 30.7 Å². The number of aliphatic hydroxyl groups is 1. The zero-order valence-electron chi connectivity index (χ0n) is 23.2. The number of benzene rings is 1. The molecule has 0 spiro atoms. The van der Waals surface area contributed by atoms with E-state index in [1.807, 2.05) is 25.1 Å². The summed E-state index contributed by atoms with van der Waals surface area (Å²) in [6.07, 6.45) is 8.45. The maximum absolute atomic E-state index is 12.1. The van der Waals surface area contributed by atoms with Crippen LogP contribution in [-0.2, 0) is 30.3 Å². The molecule has 1 aromatic rings. The van der Waals surface area contributed by atoms with Crippen LogP contribution in [0.5, 0.6) is 5.75 Å². The number of aryl methyl sites for hydroxylation is 1. The minimum Gasteiger partial charge on any atom is -0.489 e. The molecular weight excluding hydrogens is 518 g/mol. The smallest absolute Gasteiger partial charge is 0.308 e. The number of hydrogen-bond acceptors (Lipinski definition) is 9. The molecule has 1 N–H and O–H groups in total. The van der Waals surface area contributed by atoms with Crippen LogP contribution in [0, 0.1) is 33.8 Å². The van der Waals surface area contributed by atoms with Gasteiger partial charge in [0.2, 0.25) is 6.79 Å². The van der Waals surface area contributed by atoms with Crippen LogP contribution < -0.4 is 4.74 Å². The average molecular weight is 558 g/mol. The molecule has 1 heterocycles. The fourth-order valence-corrected chi connectivity index (χ4v) is 5.20. The SMILES string of the molecule is CC#CCC(C)C(O)/C=C/C1CCC2Oc3c(CCCC(=O)OCOC(=O)CCCCO[N+](=O)[O-])cccc3C12. The third-order valence-electron chi connectivity index (χ3n) is 7.38. The number of esters is 2. The number of rotatable bonds is 16. The Hall–Kier alpha value is -3.58. The number of para-hydroxylation sites is 1. The minimum atomic E-state index is -0.879. The first-order chi connectivity index (χ1) is 19.3. The fraction of sp³-hybridized carbons (Fsp3) is 0.600. The molecule has 1 fully saturated rings. The van der Waals surface area contributed by atoms with Gasteiger partial charge in [-0.1, -0.05) is 37.3 Å². The molecule has 10 heteroatoms. The molecule has 1 aliphatic heterocycles. The largest absolute Gasteiger partial charge is 0.489 e. The van der Waals surface area contributed by atoms with Gasteiger partial charge in [0.1, 0.15) is 11.9 Å². The molecule has 1 aromatic carbocycles. The van der Waals surface area contributed by atoms with Crippen molar-refractivity contribution in [3.05, 3.63) is 51.6 Å². The van der Waals surface area contributed by atoms with Gasteiger partial charge >= 0.3 is 11.9 Å². The molecule has 0 bridgehead atoms. The van der Waals surface area contributed by atoms with Crippen LogP contribution in [0.15, 0.2) is 30.4 Å². The van der Waals surface area contributed by atoms with Crippen molar-refractivity contribution in [2.45, 2.75) is 89.8 Å². The number of allylic oxidation sites excluding steroid dienone is 1. The van der Waals surface area contributed by atoms with Crippen LogP contribution in [0.1, 0.15) is 82.3 Å². The Morgan fingerprint density at radius 2 is 1.95 bits per heavy atom. The van der Waals surface area contributed by atoms with Gasteiger partial charge in [-0.05, 0) is 62.8 Å². The maximum atomic E-state index is 12.1. The van der Waals surface area contributed by atoms with E-state index in [9.17, 15) is 24.8 Å². The quantitative estimate of drug-likeness (QED) is 0.0586. The lowest BCUT2D eigenvalue weighted by atomic mass is 9.86. The monoisotopic (exact) mass is 557 g/mol. The van der Waals surface area contributed by atoms with Crippen molar-refractivity contribution in [1.82, 2.24) is 0 Å². The van der Waals surface area contributed by atoms with Gasteiger partial charge in [-0.2, -0.15) is 0 Å². The molecule has 0 aromatic heterocycles. The topological polar surface area (TPSA) is 134 Å². The lowest BCUT2D eigenvalue weighted by Crippen LogP contribution is -2.17. The summed E-state index contributed by atoms with van der Waals surface area (Å²) in [6.45, 7) is 3.27. The molecule has 5 atom stereocenters. The third-order valence-corrected chi connectivity index (χ3v) is 7.38. The molecule has 1 aliphatic carbocycles. The summed E-state index contributed by atoms with van der Waals surface area (Å²) in [7, 11) is 0. The van der Waals surface area contributed by atoms with Crippen LogP contribution in [-0.4, -0.2) is 47.7 Å². The van der Waals surface area contributed by atoms with Crippen LogP contribution >= 0.6 is 0 Å². The van der Waals surface area contributed by atoms with Crippen LogP contribution in [0.3, 0.4) is 0 Å². The molecule has 0 saturated heterocycles. The number of unbranched alkanes of at least 4 members (excludes halogenated alkanes) is 1. The average Bonchev–Trinajstić information content (AvgIpc) is 3.50. The predicted molar refractivity (Wildman–Crippen MR) is 145 cm³/mol. The van der Waals surface area contributed by atoms with E-state index in [1.165, 1.54) is 5.56 Å². The summed E-state index contributed by atoms with van der Waals surface area (Å²) in [5.74, 6) is 6.45. The Bertz CT molecular complexity index is 1110. The summed E-state index contributed by atoms with van der Waals surface area (Å²) in [5.41, 5.74) is 2.25. The first kappa shape index (κ1) is 31.0. The summed E-state index contributed by atoms with van der Waals surface area (Å²) in [6, 6.07) is 6.17. The van der Waals surface area contributed by atoms with Crippen molar-refractivity contribution in [2.75, 3.05) is 13.4 Å². The van der Waals surface area contributed by atoms with Crippen LogP contribution in [0.4, 0.5) is 0 Å². The van der Waals surface area contributed by atoms with Crippen molar-refractivity contribution >= 4 is 11.9 Å². The standard InChI is InChI=1S/C30H39NO9/c1-3-4-9-21(2)25(32)17-15-22-16-18-26-29(22)24-12-7-10-23(30(24)40-26)11-8-14-28(34)38-20-37-27(33)13-5-6-19-39-31(35)36/h7,10,12,15,17,21-22,25-26,29,32H,5-6,8-9,11,13-14,16,18-20H2,1-2H3/b17-15+. The highest BCUT2D eigenvalue weighted by atomic mass is 16.9. The summed E-state index contributed by atoms with van der Waals surface area (Å²) < 4.78 is 16.3. The summed E-state index contributed by atoms with van der Waals surface area (Å²) in [4.78, 5) is 38.0. The van der Waals surface area contributed by atoms with Gasteiger partial charge < -0.3 is 24.2 Å². The highest BCUT2D eigenvalue weighted by molar-refractivity contribution is 5.71. The first-order valence-electron chi connectivity index (χ1n) is 13.9. The van der Waals surface area contributed by atoms with E-state index >= 15 is 0 Å². The number of aliphatic hydroxyl groups excluding tert-OH is 1. The highest BCUT2D eigenvalue weighted by Gasteiger charge is 2.44. The van der Waals surface area contributed by atoms with Crippen molar-refractivity contribution in [3.8, 4) is 17.6 Å². The fourth-order valence-electron chi connectivity index (χ4n) is 5.20. The van der Waals surface area contributed by atoms with E-state index in [4.69, 9.17) is 14.2 Å². The van der Waals surface area contributed by atoms with E-state index in [2.05, 4.69) is 28.8 Å². The molecule has 0 radical (unpaired) electrons. The second-order valence-corrected chi connectivity index (χ2v) is 10.3. The number of hydrogen-bond donors (Lipinski definition) is 1. The van der Waals surface area contributed by atoms with Crippen LogP contribution in [0.25, 0.3) is 0 Å². The summed E-state index contributed by atoms with van der Waals surface area (Å²) in [5, 5.41) is 19.7. The number of fused-ring (bicyclic) bond motifs is 3. The number of carbonyl (C=O) groups excluding carboxylic acids is 2. The Morgan fingerprint density at radius 3 is 2.67 bits per heavy atom. The van der Waals surface area contributed by atoms with Gasteiger partial charge in [-0.15, -0.1) is 22.0 Å². The van der Waals surface area contributed by atoms with Crippen LogP contribution in [0.2, 0.25) is 0 Å². The first-order valence-corrected chi connectivity index (χ1v) is 13.9. The van der Waals surface area contributed by atoms with Crippen molar-refractivity contribution < 1.29 is 38.8 Å². The normalized spacial score (nSPS) is 20.4. The van der Waals surface area contributed by atoms with Gasteiger partial charge in [-0.25, -0.2) is 0 Å². The minimum absolute atomic E-state index is 0.0598. The molecule has 218 valence electrons. The Balaban J connectivity index is 1.41. The summed E-state index contributed by atoms with van der Waals surface area (Å²) >= 11 is 0.